The van der Waals surface area contributed by atoms with Crippen LogP contribution in [-0.2, 0) is 11.2 Å². The van der Waals surface area contributed by atoms with E-state index in [4.69, 9.17) is 4.52 Å². The van der Waals surface area contributed by atoms with Crippen LogP contribution in [0.5, 0.6) is 0 Å². The summed E-state index contributed by atoms with van der Waals surface area (Å²) in [4.78, 5) is 20.1. The molecule has 0 bridgehead atoms. The van der Waals surface area contributed by atoms with Crippen molar-refractivity contribution in [2.75, 3.05) is 13.1 Å². The van der Waals surface area contributed by atoms with Crippen LogP contribution < -0.4 is 10.6 Å². The Kier molecular flexibility index (Phi) is 8.67. The molecule has 1 saturated heterocycles. The topological polar surface area (TPSA) is 92.9 Å². The fraction of sp³-hybridized carbons (Fsp3) is 0.467. The van der Waals surface area contributed by atoms with Crippen molar-refractivity contribution in [1.29, 1.82) is 0 Å². The van der Waals surface area contributed by atoms with E-state index in [2.05, 4.69) is 25.8 Å². The van der Waals surface area contributed by atoms with Gasteiger partial charge < -0.3 is 15.2 Å². The van der Waals surface area contributed by atoms with Gasteiger partial charge in [-0.25, -0.2) is 0 Å². The summed E-state index contributed by atoms with van der Waals surface area (Å²) in [6.45, 7) is 1.73. The molecule has 9 heteroatoms. The summed E-state index contributed by atoms with van der Waals surface area (Å²) in [7, 11) is 0. The van der Waals surface area contributed by atoms with Gasteiger partial charge in [-0.15, -0.1) is 24.8 Å². The first-order valence-electron chi connectivity index (χ1n) is 7.54. The standard InChI is InChI=1S/C15H19N5O2.2ClH/c21-13(18-10-12-2-1-7-17-12)3-4-14-19-15(20-22-14)11-5-8-16-9-6-11;;/h5-6,8-9,12,17H,1-4,7,10H2,(H,18,21);2*1H. The van der Waals surface area contributed by atoms with E-state index in [-0.39, 0.29) is 30.7 Å². The fourth-order valence-electron chi connectivity index (χ4n) is 2.45. The third-order valence-electron chi connectivity index (χ3n) is 3.68. The maximum Gasteiger partial charge on any atom is 0.227 e. The Balaban J connectivity index is 0.00000144. The highest BCUT2D eigenvalue weighted by molar-refractivity contribution is 5.85. The number of nitrogens with one attached hydrogen (secondary N) is 2. The molecule has 0 spiro atoms. The zero-order valence-electron chi connectivity index (χ0n) is 13.1. The molecular weight excluding hydrogens is 353 g/mol. The summed E-state index contributed by atoms with van der Waals surface area (Å²) in [6, 6.07) is 4.04. The van der Waals surface area contributed by atoms with Crippen molar-refractivity contribution in [3.63, 3.8) is 0 Å². The quantitative estimate of drug-likeness (QED) is 0.801. The third kappa shape index (κ3) is 5.74. The van der Waals surface area contributed by atoms with E-state index in [0.29, 0.717) is 37.1 Å². The van der Waals surface area contributed by atoms with Gasteiger partial charge in [0.15, 0.2) is 0 Å². The van der Waals surface area contributed by atoms with Crippen LogP contribution in [0.3, 0.4) is 0 Å². The number of aromatic nitrogens is 3. The van der Waals surface area contributed by atoms with Crippen LogP contribution in [-0.4, -0.2) is 40.2 Å². The van der Waals surface area contributed by atoms with Gasteiger partial charge >= 0.3 is 0 Å². The number of aryl methyl sites for hydroxylation is 1. The molecular formula is C15H21Cl2N5O2. The molecule has 1 aliphatic rings. The number of hydrogen-bond donors (Lipinski definition) is 2. The van der Waals surface area contributed by atoms with Gasteiger partial charge in [-0.05, 0) is 31.5 Å². The summed E-state index contributed by atoms with van der Waals surface area (Å²) < 4.78 is 5.17. The van der Waals surface area contributed by atoms with E-state index in [1.54, 1.807) is 12.4 Å². The summed E-state index contributed by atoms with van der Waals surface area (Å²) in [5.74, 6) is 1.01. The first kappa shape index (κ1) is 20.3. The Morgan fingerprint density at radius 3 is 2.83 bits per heavy atom. The lowest BCUT2D eigenvalue weighted by molar-refractivity contribution is -0.121. The zero-order valence-corrected chi connectivity index (χ0v) is 14.7. The highest BCUT2D eigenvalue weighted by Gasteiger charge is 2.15. The van der Waals surface area contributed by atoms with E-state index >= 15 is 0 Å². The summed E-state index contributed by atoms with van der Waals surface area (Å²) in [5, 5.41) is 10.2. The van der Waals surface area contributed by atoms with Crippen LogP contribution >= 0.6 is 24.8 Å². The maximum absolute atomic E-state index is 11.8. The molecule has 0 aliphatic carbocycles. The Hall–Kier alpha value is -1.70. The van der Waals surface area contributed by atoms with Crippen LogP contribution in [0, 0.1) is 0 Å². The Morgan fingerprint density at radius 1 is 1.33 bits per heavy atom. The van der Waals surface area contributed by atoms with E-state index < -0.39 is 0 Å². The number of rotatable bonds is 6. The summed E-state index contributed by atoms with van der Waals surface area (Å²) in [5.41, 5.74) is 0.849. The lowest BCUT2D eigenvalue weighted by Crippen LogP contribution is -2.37. The van der Waals surface area contributed by atoms with Crippen LogP contribution in [0.25, 0.3) is 11.4 Å². The molecule has 2 aromatic heterocycles. The lowest BCUT2D eigenvalue weighted by atomic mass is 10.2. The smallest absolute Gasteiger partial charge is 0.227 e. The number of carbonyl (C=O) groups is 1. The molecule has 2 N–H and O–H groups in total. The van der Waals surface area contributed by atoms with E-state index in [0.717, 1.165) is 18.5 Å². The number of halogens is 2. The fourth-order valence-corrected chi connectivity index (χ4v) is 2.45. The molecule has 1 atom stereocenters. The van der Waals surface area contributed by atoms with E-state index in [9.17, 15) is 4.79 Å². The molecule has 0 saturated carbocycles. The molecule has 132 valence electrons. The second-order valence-electron chi connectivity index (χ2n) is 5.34. The molecule has 2 aromatic rings. The third-order valence-corrected chi connectivity index (χ3v) is 3.68. The number of carbonyl (C=O) groups excluding carboxylic acids is 1. The Morgan fingerprint density at radius 2 is 2.12 bits per heavy atom. The molecule has 1 aliphatic heterocycles. The van der Waals surface area contributed by atoms with Crippen LogP contribution in [0.1, 0.15) is 25.2 Å². The first-order valence-corrected chi connectivity index (χ1v) is 7.54. The molecule has 1 unspecified atom stereocenters. The molecule has 1 amide bonds. The van der Waals surface area contributed by atoms with Crippen molar-refractivity contribution in [3.05, 3.63) is 30.4 Å². The number of nitrogens with zero attached hydrogens (tertiary/aromatic N) is 3. The monoisotopic (exact) mass is 373 g/mol. The van der Waals surface area contributed by atoms with Crippen LogP contribution in [0.15, 0.2) is 29.0 Å². The zero-order chi connectivity index (χ0) is 15.2. The van der Waals surface area contributed by atoms with Gasteiger partial charge in [0, 0.05) is 43.4 Å². The Labute approximate surface area is 152 Å². The van der Waals surface area contributed by atoms with E-state index in [1.807, 2.05) is 12.1 Å². The number of amides is 1. The van der Waals surface area contributed by atoms with Crippen molar-refractivity contribution < 1.29 is 9.32 Å². The molecule has 7 nitrogen and oxygen atoms in total. The minimum absolute atomic E-state index is 0. The van der Waals surface area contributed by atoms with Crippen molar-refractivity contribution in [3.8, 4) is 11.4 Å². The second-order valence-corrected chi connectivity index (χ2v) is 5.34. The predicted octanol–water partition coefficient (Wildman–Crippen LogP) is 1.78. The molecule has 24 heavy (non-hydrogen) atoms. The molecule has 0 radical (unpaired) electrons. The van der Waals surface area contributed by atoms with Crippen LogP contribution in [0.2, 0.25) is 0 Å². The number of hydrogen-bond acceptors (Lipinski definition) is 6. The average Bonchev–Trinajstić information content (AvgIpc) is 3.23. The minimum atomic E-state index is 0. The van der Waals surface area contributed by atoms with Crippen molar-refractivity contribution in [2.45, 2.75) is 31.7 Å². The van der Waals surface area contributed by atoms with Gasteiger partial charge in [-0.3, -0.25) is 9.78 Å². The molecule has 3 rings (SSSR count). The second kappa shape index (κ2) is 10.2. The molecule has 3 heterocycles. The van der Waals surface area contributed by atoms with E-state index in [1.165, 1.54) is 6.42 Å². The normalized spacial score (nSPS) is 16.1. The maximum atomic E-state index is 11.8. The SMILES string of the molecule is Cl.Cl.O=C(CCc1nc(-c2ccncc2)no1)NCC1CCCN1. The van der Waals surface area contributed by atoms with Gasteiger partial charge in [0.2, 0.25) is 17.6 Å². The molecule has 1 fully saturated rings. The van der Waals surface area contributed by atoms with Gasteiger partial charge in [0.05, 0.1) is 0 Å². The van der Waals surface area contributed by atoms with Gasteiger partial charge in [0.1, 0.15) is 0 Å². The van der Waals surface area contributed by atoms with Crippen molar-refractivity contribution in [2.24, 2.45) is 0 Å². The predicted molar refractivity (Wildman–Crippen MR) is 94.4 cm³/mol. The minimum Gasteiger partial charge on any atom is -0.355 e. The van der Waals surface area contributed by atoms with Crippen molar-refractivity contribution in [1.82, 2.24) is 25.8 Å². The van der Waals surface area contributed by atoms with Gasteiger partial charge in [-0.2, -0.15) is 4.98 Å². The highest BCUT2D eigenvalue weighted by atomic mass is 35.5. The van der Waals surface area contributed by atoms with Gasteiger partial charge in [0.25, 0.3) is 0 Å². The van der Waals surface area contributed by atoms with Gasteiger partial charge in [-0.1, -0.05) is 5.16 Å². The average molecular weight is 374 g/mol. The van der Waals surface area contributed by atoms with Crippen molar-refractivity contribution >= 4 is 30.7 Å². The lowest BCUT2D eigenvalue weighted by Gasteiger charge is -2.10. The summed E-state index contributed by atoms with van der Waals surface area (Å²) >= 11 is 0. The largest absolute Gasteiger partial charge is 0.355 e. The number of pyridine rings is 1. The first-order chi connectivity index (χ1) is 10.8. The summed E-state index contributed by atoms with van der Waals surface area (Å²) in [6.07, 6.45) is 6.46. The highest BCUT2D eigenvalue weighted by Crippen LogP contribution is 2.14. The molecule has 0 aromatic carbocycles. The van der Waals surface area contributed by atoms with Crippen LogP contribution in [0.4, 0.5) is 0 Å². The Bertz CT molecular complexity index is 617.